The summed E-state index contributed by atoms with van der Waals surface area (Å²) in [6.07, 6.45) is 0. The number of halogens is 1. The summed E-state index contributed by atoms with van der Waals surface area (Å²) in [5.74, 6) is -0.769. The molecule has 1 aliphatic heterocycles. The molecule has 118 valence electrons. The number of carbonyl (C=O) groups excluding carboxylic acids is 3. The predicted octanol–water partition coefficient (Wildman–Crippen LogP) is 1.29. The number of nitrogens with one attached hydrogen (secondary N) is 2. The quantitative estimate of drug-likeness (QED) is 0.801. The Hall–Kier alpha value is -2.08. The summed E-state index contributed by atoms with van der Waals surface area (Å²) in [6, 6.07) is 6.90. The van der Waals surface area contributed by atoms with Crippen LogP contribution in [0, 0.1) is 0 Å². The van der Waals surface area contributed by atoms with Crippen molar-refractivity contribution in [2.75, 3.05) is 19.6 Å². The molecule has 4 amide bonds. The molecule has 0 atom stereocenters. The first-order chi connectivity index (χ1) is 10.3. The monoisotopic (exact) mass is 323 g/mol. The molecule has 6 nitrogen and oxygen atoms in total. The van der Waals surface area contributed by atoms with Crippen molar-refractivity contribution in [1.82, 2.24) is 15.5 Å². The van der Waals surface area contributed by atoms with Gasteiger partial charge in [-0.1, -0.05) is 37.6 Å². The van der Waals surface area contributed by atoms with Crippen molar-refractivity contribution in [1.29, 1.82) is 0 Å². The van der Waals surface area contributed by atoms with Gasteiger partial charge in [-0.3, -0.25) is 14.5 Å². The maximum atomic E-state index is 11.9. The lowest BCUT2D eigenvalue weighted by Gasteiger charge is -2.26. The Bertz CT molecular complexity index is 600. The van der Waals surface area contributed by atoms with Gasteiger partial charge in [-0.05, 0) is 17.7 Å². The molecule has 2 rings (SSSR count). The van der Waals surface area contributed by atoms with Gasteiger partial charge in [0.15, 0.2) is 0 Å². The van der Waals surface area contributed by atoms with Gasteiger partial charge in [-0.25, -0.2) is 4.79 Å². The molecule has 1 aromatic carbocycles. The average Bonchev–Trinajstić information content (AvgIpc) is 2.77. The van der Waals surface area contributed by atoms with Crippen molar-refractivity contribution in [3.8, 4) is 0 Å². The Morgan fingerprint density at radius 1 is 1.41 bits per heavy atom. The third-order valence-corrected chi connectivity index (χ3v) is 3.81. The van der Waals surface area contributed by atoms with E-state index in [1.54, 1.807) is 6.07 Å². The lowest BCUT2D eigenvalue weighted by molar-refractivity contribution is -0.130. The van der Waals surface area contributed by atoms with Gasteiger partial charge in [0, 0.05) is 17.0 Å². The molecule has 0 radical (unpaired) electrons. The predicted molar refractivity (Wildman–Crippen MR) is 82.6 cm³/mol. The number of amides is 4. The second-order valence-electron chi connectivity index (χ2n) is 5.81. The van der Waals surface area contributed by atoms with Gasteiger partial charge in [0.05, 0.1) is 6.54 Å². The van der Waals surface area contributed by atoms with E-state index in [-0.39, 0.29) is 24.4 Å². The van der Waals surface area contributed by atoms with Gasteiger partial charge in [-0.15, -0.1) is 0 Å². The van der Waals surface area contributed by atoms with Gasteiger partial charge in [0.1, 0.15) is 6.54 Å². The zero-order valence-electron chi connectivity index (χ0n) is 12.5. The highest BCUT2D eigenvalue weighted by atomic mass is 35.5. The highest BCUT2D eigenvalue weighted by molar-refractivity contribution is 6.30. The molecule has 1 fully saturated rings. The van der Waals surface area contributed by atoms with E-state index in [0.29, 0.717) is 11.6 Å². The number of imide groups is 1. The molecule has 0 unspecified atom stereocenters. The van der Waals surface area contributed by atoms with Crippen LogP contribution in [-0.4, -0.2) is 42.4 Å². The summed E-state index contributed by atoms with van der Waals surface area (Å²) in [7, 11) is 0. The van der Waals surface area contributed by atoms with Crippen molar-refractivity contribution in [2.45, 2.75) is 19.3 Å². The average molecular weight is 324 g/mol. The number of benzene rings is 1. The first-order valence-corrected chi connectivity index (χ1v) is 7.28. The number of nitrogens with zero attached hydrogens (tertiary/aromatic N) is 1. The number of hydrogen-bond donors (Lipinski definition) is 2. The van der Waals surface area contributed by atoms with Crippen molar-refractivity contribution < 1.29 is 14.4 Å². The van der Waals surface area contributed by atoms with E-state index in [1.807, 2.05) is 32.0 Å². The third-order valence-electron chi connectivity index (χ3n) is 3.57. The Balaban J connectivity index is 1.92. The Morgan fingerprint density at radius 2 is 2.14 bits per heavy atom. The largest absolute Gasteiger partial charge is 0.354 e. The lowest BCUT2D eigenvalue weighted by atomic mass is 9.84. The minimum absolute atomic E-state index is 0.0554. The summed E-state index contributed by atoms with van der Waals surface area (Å²) < 4.78 is 0. The standard InChI is InChI=1S/C15H18ClN3O3/c1-15(2,10-4-3-5-11(16)6-10)9-18-12(20)8-19-13(21)7-17-14(19)22/h3-6H,7-9H2,1-2H3,(H,17,22)(H,18,20). The van der Waals surface area contributed by atoms with Crippen molar-refractivity contribution >= 4 is 29.4 Å². The number of rotatable bonds is 5. The first kappa shape index (κ1) is 16.3. The Kier molecular flexibility index (Phi) is 4.71. The van der Waals surface area contributed by atoms with E-state index >= 15 is 0 Å². The van der Waals surface area contributed by atoms with Crippen LogP contribution in [0.5, 0.6) is 0 Å². The zero-order chi connectivity index (χ0) is 16.3. The normalized spacial score (nSPS) is 15.0. The van der Waals surface area contributed by atoms with E-state index in [2.05, 4.69) is 10.6 Å². The fourth-order valence-electron chi connectivity index (χ4n) is 2.15. The molecule has 22 heavy (non-hydrogen) atoms. The minimum atomic E-state index is -0.533. The fourth-order valence-corrected chi connectivity index (χ4v) is 2.34. The van der Waals surface area contributed by atoms with Crippen molar-refractivity contribution in [3.05, 3.63) is 34.9 Å². The van der Waals surface area contributed by atoms with E-state index in [0.717, 1.165) is 10.5 Å². The maximum absolute atomic E-state index is 11.9. The van der Waals surface area contributed by atoms with Crippen molar-refractivity contribution in [3.63, 3.8) is 0 Å². The summed E-state index contributed by atoms with van der Waals surface area (Å²) in [5, 5.41) is 5.76. The maximum Gasteiger partial charge on any atom is 0.325 e. The van der Waals surface area contributed by atoms with Crippen molar-refractivity contribution in [2.24, 2.45) is 0 Å². The molecule has 2 N–H and O–H groups in total. The molecule has 0 bridgehead atoms. The highest BCUT2D eigenvalue weighted by Gasteiger charge is 2.30. The van der Waals surface area contributed by atoms with E-state index < -0.39 is 11.9 Å². The van der Waals surface area contributed by atoms with Crippen LogP contribution in [0.15, 0.2) is 24.3 Å². The molecule has 0 spiro atoms. The smallest absolute Gasteiger partial charge is 0.325 e. The van der Waals surface area contributed by atoms with Crippen LogP contribution in [0.1, 0.15) is 19.4 Å². The third kappa shape index (κ3) is 3.76. The fraction of sp³-hybridized carbons (Fsp3) is 0.400. The van der Waals surface area contributed by atoms with Gasteiger partial charge in [0.2, 0.25) is 5.91 Å². The lowest BCUT2D eigenvalue weighted by Crippen LogP contribution is -2.44. The molecule has 1 saturated heterocycles. The molecule has 0 aromatic heterocycles. The van der Waals surface area contributed by atoms with Crippen LogP contribution in [0.3, 0.4) is 0 Å². The van der Waals surface area contributed by atoms with Crippen LogP contribution >= 0.6 is 11.6 Å². The molecule has 1 heterocycles. The van der Waals surface area contributed by atoms with Crippen LogP contribution in [0.2, 0.25) is 5.02 Å². The molecule has 1 aromatic rings. The summed E-state index contributed by atoms with van der Waals surface area (Å²) in [6.45, 7) is 4.01. The van der Waals surface area contributed by atoms with Crippen LogP contribution in [0.25, 0.3) is 0 Å². The van der Waals surface area contributed by atoms with E-state index in [4.69, 9.17) is 11.6 Å². The molecular weight excluding hydrogens is 306 g/mol. The van der Waals surface area contributed by atoms with Gasteiger partial charge < -0.3 is 10.6 Å². The number of urea groups is 1. The highest BCUT2D eigenvalue weighted by Crippen LogP contribution is 2.24. The Labute approximate surface area is 133 Å². The summed E-state index contributed by atoms with van der Waals surface area (Å²) in [5.41, 5.74) is 0.674. The van der Waals surface area contributed by atoms with Gasteiger partial charge in [-0.2, -0.15) is 0 Å². The van der Waals surface area contributed by atoms with Crippen LogP contribution in [0.4, 0.5) is 4.79 Å². The van der Waals surface area contributed by atoms with Gasteiger partial charge in [0.25, 0.3) is 5.91 Å². The van der Waals surface area contributed by atoms with E-state index in [1.165, 1.54) is 0 Å². The second-order valence-corrected chi connectivity index (χ2v) is 6.25. The molecule has 1 aliphatic rings. The minimum Gasteiger partial charge on any atom is -0.354 e. The second kappa shape index (κ2) is 6.36. The molecular formula is C15H18ClN3O3. The number of carbonyl (C=O) groups is 3. The van der Waals surface area contributed by atoms with Crippen LogP contribution in [-0.2, 0) is 15.0 Å². The zero-order valence-corrected chi connectivity index (χ0v) is 13.2. The molecule has 0 saturated carbocycles. The number of hydrogen-bond acceptors (Lipinski definition) is 3. The van der Waals surface area contributed by atoms with E-state index in [9.17, 15) is 14.4 Å². The SMILES string of the molecule is CC(C)(CNC(=O)CN1C(=O)CNC1=O)c1cccc(Cl)c1. The van der Waals surface area contributed by atoms with Gasteiger partial charge >= 0.3 is 6.03 Å². The van der Waals surface area contributed by atoms with Crippen LogP contribution < -0.4 is 10.6 Å². The summed E-state index contributed by atoms with van der Waals surface area (Å²) >= 11 is 5.98. The Morgan fingerprint density at radius 3 is 2.73 bits per heavy atom. The topological polar surface area (TPSA) is 78.5 Å². The first-order valence-electron chi connectivity index (χ1n) is 6.90. The summed E-state index contributed by atoms with van der Waals surface area (Å²) in [4.78, 5) is 35.6. The molecule has 0 aliphatic carbocycles. The molecule has 7 heteroatoms.